The quantitative estimate of drug-likeness (QED) is 0.581. The van der Waals surface area contributed by atoms with Crippen LogP contribution in [-0.4, -0.2) is 37.2 Å². The van der Waals surface area contributed by atoms with Gasteiger partial charge in [0.15, 0.2) is 0 Å². The molecular weight excluding hydrogens is 186 g/mol. The van der Waals surface area contributed by atoms with Crippen LogP contribution in [0.1, 0.15) is 19.8 Å². The normalized spacial score (nSPS) is 12.1. The van der Waals surface area contributed by atoms with E-state index in [2.05, 4.69) is 5.32 Å². The van der Waals surface area contributed by atoms with Crippen molar-refractivity contribution in [1.29, 1.82) is 0 Å². The molecule has 82 valence electrons. The van der Waals surface area contributed by atoms with E-state index in [0.29, 0.717) is 13.2 Å². The van der Waals surface area contributed by atoms with Crippen molar-refractivity contribution in [2.24, 2.45) is 5.92 Å². The third-order valence-electron chi connectivity index (χ3n) is 1.69. The Labute approximate surface area is 83.4 Å². The maximum absolute atomic E-state index is 11.2. The fourth-order valence-electron chi connectivity index (χ4n) is 1.05. The van der Waals surface area contributed by atoms with E-state index in [1.807, 2.05) is 0 Å². The number of methoxy groups -OCH3 is 1. The van der Waals surface area contributed by atoms with Crippen LogP contribution in [0, 0.1) is 5.92 Å². The van der Waals surface area contributed by atoms with Crippen LogP contribution >= 0.6 is 0 Å². The molecule has 0 bridgehead atoms. The van der Waals surface area contributed by atoms with Gasteiger partial charge in [-0.15, -0.1) is 0 Å². The number of amides is 1. The Morgan fingerprint density at radius 1 is 1.43 bits per heavy atom. The van der Waals surface area contributed by atoms with Crippen LogP contribution in [0.3, 0.4) is 0 Å². The SMILES string of the molecule is COCCNC(=O)C[C@H](C)CC(=O)O. The Morgan fingerprint density at radius 3 is 2.57 bits per heavy atom. The Hall–Kier alpha value is -1.10. The molecule has 0 aromatic carbocycles. The first-order valence-corrected chi connectivity index (χ1v) is 4.53. The van der Waals surface area contributed by atoms with Crippen LogP contribution in [0.25, 0.3) is 0 Å². The van der Waals surface area contributed by atoms with Crippen LogP contribution in [0.5, 0.6) is 0 Å². The molecule has 0 rings (SSSR count). The summed E-state index contributed by atoms with van der Waals surface area (Å²) in [5.74, 6) is -1.13. The maximum atomic E-state index is 11.2. The van der Waals surface area contributed by atoms with E-state index in [4.69, 9.17) is 9.84 Å². The van der Waals surface area contributed by atoms with Crippen molar-refractivity contribution < 1.29 is 19.4 Å². The van der Waals surface area contributed by atoms with Gasteiger partial charge in [-0.2, -0.15) is 0 Å². The molecule has 0 heterocycles. The average Bonchev–Trinajstić information content (AvgIpc) is 2.02. The largest absolute Gasteiger partial charge is 0.481 e. The highest BCUT2D eigenvalue weighted by Crippen LogP contribution is 2.06. The predicted molar refractivity (Wildman–Crippen MR) is 50.9 cm³/mol. The maximum Gasteiger partial charge on any atom is 0.303 e. The lowest BCUT2D eigenvalue weighted by molar-refractivity contribution is -0.138. The second-order valence-corrected chi connectivity index (χ2v) is 3.25. The molecule has 0 spiro atoms. The van der Waals surface area contributed by atoms with E-state index in [0.717, 1.165) is 0 Å². The van der Waals surface area contributed by atoms with Gasteiger partial charge >= 0.3 is 5.97 Å². The topological polar surface area (TPSA) is 75.6 Å². The van der Waals surface area contributed by atoms with Crippen LogP contribution < -0.4 is 5.32 Å². The standard InChI is InChI=1S/C9H17NO4/c1-7(6-9(12)13)5-8(11)10-3-4-14-2/h7H,3-6H2,1-2H3,(H,10,11)(H,12,13)/t7-/m0/s1. The van der Waals surface area contributed by atoms with Crippen molar-refractivity contribution in [3.63, 3.8) is 0 Å². The summed E-state index contributed by atoms with van der Waals surface area (Å²) < 4.78 is 4.75. The van der Waals surface area contributed by atoms with Crippen molar-refractivity contribution in [3.05, 3.63) is 0 Å². The lowest BCUT2D eigenvalue weighted by atomic mass is 10.0. The first-order chi connectivity index (χ1) is 6.56. The molecule has 0 radical (unpaired) electrons. The Bertz CT molecular complexity index is 193. The van der Waals surface area contributed by atoms with Crippen LogP contribution in [0.2, 0.25) is 0 Å². The summed E-state index contributed by atoms with van der Waals surface area (Å²) in [5.41, 5.74) is 0. The molecule has 14 heavy (non-hydrogen) atoms. The van der Waals surface area contributed by atoms with Gasteiger partial charge in [0, 0.05) is 26.5 Å². The molecule has 0 aromatic heterocycles. The van der Waals surface area contributed by atoms with Crippen LogP contribution in [0.15, 0.2) is 0 Å². The molecule has 0 aliphatic heterocycles. The van der Waals surface area contributed by atoms with Gasteiger partial charge in [0.05, 0.1) is 6.61 Å². The number of nitrogens with one attached hydrogen (secondary N) is 1. The fourth-order valence-corrected chi connectivity index (χ4v) is 1.05. The minimum atomic E-state index is -0.873. The number of hydrogen-bond donors (Lipinski definition) is 2. The van der Waals surface area contributed by atoms with Gasteiger partial charge in [-0.3, -0.25) is 9.59 Å². The van der Waals surface area contributed by atoms with Gasteiger partial charge in [0.2, 0.25) is 5.91 Å². The van der Waals surface area contributed by atoms with E-state index in [9.17, 15) is 9.59 Å². The Kier molecular flexibility index (Phi) is 6.74. The molecule has 0 unspecified atom stereocenters. The summed E-state index contributed by atoms with van der Waals surface area (Å²) in [7, 11) is 1.55. The molecule has 2 N–H and O–H groups in total. The van der Waals surface area contributed by atoms with Gasteiger partial charge < -0.3 is 15.2 Å². The first kappa shape index (κ1) is 12.9. The van der Waals surface area contributed by atoms with E-state index in [1.54, 1.807) is 14.0 Å². The molecular formula is C9H17NO4. The lowest BCUT2D eigenvalue weighted by Gasteiger charge is -2.08. The summed E-state index contributed by atoms with van der Waals surface area (Å²) in [6.07, 6.45) is 0.272. The molecule has 0 saturated carbocycles. The van der Waals surface area contributed by atoms with Gasteiger partial charge in [0.25, 0.3) is 0 Å². The number of hydrogen-bond acceptors (Lipinski definition) is 3. The number of aliphatic carboxylic acids is 1. The average molecular weight is 203 g/mol. The van der Waals surface area contributed by atoms with Crippen LogP contribution in [-0.2, 0) is 14.3 Å². The number of carboxylic acids is 1. The highest BCUT2D eigenvalue weighted by molar-refractivity contribution is 5.77. The Balaban J connectivity index is 3.55. The van der Waals surface area contributed by atoms with Crippen molar-refractivity contribution in [2.45, 2.75) is 19.8 Å². The summed E-state index contributed by atoms with van der Waals surface area (Å²) in [6.45, 7) is 2.68. The minimum absolute atomic E-state index is 0.0255. The lowest BCUT2D eigenvalue weighted by Crippen LogP contribution is -2.28. The number of rotatable bonds is 7. The summed E-state index contributed by atoms with van der Waals surface area (Å²) in [5, 5.41) is 11.1. The molecule has 5 nitrogen and oxygen atoms in total. The second-order valence-electron chi connectivity index (χ2n) is 3.25. The van der Waals surface area contributed by atoms with Crippen molar-refractivity contribution in [2.75, 3.05) is 20.3 Å². The third-order valence-corrected chi connectivity index (χ3v) is 1.69. The summed E-state index contributed by atoms with van der Waals surface area (Å²) in [4.78, 5) is 21.5. The first-order valence-electron chi connectivity index (χ1n) is 4.53. The number of carboxylic acid groups (broad SMARTS) is 1. The molecule has 0 aliphatic carbocycles. The zero-order valence-electron chi connectivity index (χ0n) is 8.58. The second kappa shape index (κ2) is 7.32. The van der Waals surface area contributed by atoms with Crippen molar-refractivity contribution >= 4 is 11.9 Å². The number of carbonyl (C=O) groups excluding carboxylic acids is 1. The molecule has 0 saturated heterocycles. The van der Waals surface area contributed by atoms with Gasteiger partial charge in [0.1, 0.15) is 0 Å². The number of carbonyl (C=O) groups is 2. The van der Waals surface area contributed by atoms with E-state index >= 15 is 0 Å². The summed E-state index contributed by atoms with van der Waals surface area (Å²) >= 11 is 0. The molecule has 1 atom stereocenters. The predicted octanol–water partition coefficient (Wildman–Crippen LogP) is 0.250. The smallest absolute Gasteiger partial charge is 0.303 e. The molecule has 1 amide bonds. The minimum Gasteiger partial charge on any atom is -0.481 e. The number of ether oxygens (including phenoxy) is 1. The van der Waals surface area contributed by atoms with Gasteiger partial charge in [-0.1, -0.05) is 6.92 Å². The van der Waals surface area contributed by atoms with E-state index < -0.39 is 5.97 Å². The molecule has 0 aromatic rings. The zero-order valence-corrected chi connectivity index (χ0v) is 8.58. The fraction of sp³-hybridized carbons (Fsp3) is 0.778. The van der Waals surface area contributed by atoms with E-state index in [1.165, 1.54) is 0 Å². The summed E-state index contributed by atoms with van der Waals surface area (Å²) in [6, 6.07) is 0. The molecule has 0 aliphatic rings. The zero-order chi connectivity index (χ0) is 11.0. The van der Waals surface area contributed by atoms with E-state index in [-0.39, 0.29) is 24.7 Å². The molecule has 0 fully saturated rings. The van der Waals surface area contributed by atoms with Crippen molar-refractivity contribution in [3.8, 4) is 0 Å². The Morgan fingerprint density at radius 2 is 2.07 bits per heavy atom. The van der Waals surface area contributed by atoms with Crippen molar-refractivity contribution in [1.82, 2.24) is 5.32 Å². The third kappa shape index (κ3) is 7.54. The van der Waals surface area contributed by atoms with Crippen LogP contribution in [0.4, 0.5) is 0 Å². The monoisotopic (exact) mass is 203 g/mol. The highest BCUT2D eigenvalue weighted by Gasteiger charge is 2.11. The van der Waals surface area contributed by atoms with Gasteiger partial charge in [-0.05, 0) is 5.92 Å². The highest BCUT2D eigenvalue weighted by atomic mass is 16.5. The van der Waals surface area contributed by atoms with Gasteiger partial charge in [-0.25, -0.2) is 0 Å². The molecule has 5 heteroatoms.